The maximum absolute atomic E-state index is 5.70. The number of aromatic nitrogens is 4. The van der Waals surface area contributed by atoms with Gasteiger partial charge in [-0.1, -0.05) is 17.3 Å². The van der Waals surface area contributed by atoms with E-state index in [1.165, 1.54) is 11.3 Å². The van der Waals surface area contributed by atoms with Crippen molar-refractivity contribution in [2.45, 2.75) is 0 Å². The molecule has 0 spiro atoms. The molecular formula is C18H15N5OS. The normalized spacial score (nSPS) is 10.8. The van der Waals surface area contributed by atoms with Crippen LogP contribution in [0.25, 0.3) is 28.2 Å². The van der Waals surface area contributed by atoms with Crippen LogP contribution < -0.4 is 10.5 Å². The van der Waals surface area contributed by atoms with Gasteiger partial charge in [0.25, 0.3) is 0 Å². The Kier molecular flexibility index (Phi) is 3.91. The summed E-state index contributed by atoms with van der Waals surface area (Å²) in [5.41, 5.74) is 10.5. The molecule has 4 rings (SSSR count). The molecule has 0 aliphatic carbocycles. The van der Waals surface area contributed by atoms with Crippen LogP contribution in [-0.4, -0.2) is 27.1 Å². The van der Waals surface area contributed by atoms with Gasteiger partial charge >= 0.3 is 0 Å². The Morgan fingerprint density at radius 1 is 1.00 bits per heavy atom. The summed E-state index contributed by atoms with van der Waals surface area (Å²) in [6.07, 6.45) is 1.75. The molecule has 7 heteroatoms. The number of anilines is 1. The maximum Gasteiger partial charge on any atom is 0.180 e. The molecule has 124 valence electrons. The molecule has 4 aromatic rings. The predicted octanol–water partition coefficient (Wildman–Crippen LogP) is 3.65. The molecule has 2 N–H and O–H groups in total. The zero-order valence-electron chi connectivity index (χ0n) is 13.5. The van der Waals surface area contributed by atoms with Gasteiger partial charge in [-0.25, -0.2) is 9.67 Å². The quantitative estimate of drug-likeness (QED) is 0.608. The van der Waals surface area contributed by atoms with E-state index in [1.807, 2.05) is 53.9 Å². The minimum Gasteiger partial charge on any atom is -0.497 e. The van der Waals surface area contributed by atoms with Gasteiger partial charge in [0, 0.05) is 16.5 Å². The molecule has 25 heavy (non-hydrogen) atoms. The summed E-state index contributed by atoms with van der Waals surface area (Å²) in [7, 11) is 1.65. The van der Waals surface area contributed by atoms with Gasteiger partial charge in [-0.05, 0) is 36.4 Å². The van der Waals surface area contributed by atoms with Crippen LogP contribution in [0.15, 0.2) is 60.1 Å². The monoisotopic (exact) mass is 349 g/mol. The highest BCUT2D eigenvalue weighted by molar-refractivity contribution is 7.13. The van der Waals surface area contributed by atoms with E-state index >= 15 is 0 Å². The van der Waals surface area contributed by atoms with Crippen LogP contribution in [0.3, 0.4) is 0 Å². The third-order valence-electron chi connectivity index (χ3n) is 3.86. The van der Waals surface area contributed by atoms with Crippen molar-refractivity contribution in [3.05, 3.63) is 60.1 Å². The van der Waals surface area contributed by atoms with Crippen molar-refractivity contribution >= 4 is 16.5 Å². The average molecular weight is 349 g/mol. The van der Waals surface area contributed by atoms with E-state index < -0.39 is 0 Å². The van der Waals surface area contributed by atoms with Gasteiger partial charge in [-0.2, -0.15) is 0 Å². The Morgan fingerprint density at radius 2 is 1.72 bits per heavy atom. The fourth-order valence-corrected chi connectivity index (χ4v) is 3.15. The van der Waals surface area contributed by atoms with E-state index in [9.17, 15) is 0 Å². The fraction of sp³-hybridized carbons (Fsp3) is 0.0556. The van der Waals surface area contributed by atoms with Gasteiger partial charge in [0.15, 0.2) is 5.13 Å². The van der Waals surface area contributed by atoms with Crippen LogP contribution in [-0.2, 0) is 0 Å². The molecule has 6 nitrogen and oxygen atoms in total. The van der Waals surface area contributed by atoms with Crippen molar-refractivity contribution < 1.29 is 4.74 Å². The minimum absolute atomic E-state index is 0.567. The van der Waals surface area contributed by atoms with Crippen molar-refractivity contribution in [3.8, 4) is 34.0 Å². The molecule has 0 aliphatic rings. The lowest BCUT2D eigenvalue weighted by molar-refractivity contribution is 0.415. The van der Waals surface area contributed by atoms with Gasteiger partial charge in [0.1, 0.15) is 5.75 Å². The molecule has 0 fully saturated rings. The minimum atomic E-state index is 0.567. The summed E-state index contributed by atoms with van der Waals surface area (Å²) >= 11 is 1.43. The maximum atomic E-state index is 5.70. The summed E-state index contributed by atoms with van der Waals surface area (Å²) in [6.45, 7) is 0. The molecule has 0 bridgehead atoms. The summed E-state index contributed by atoms with van der Waals surface area (Å²) in [5, 5.41) is 10.8. The molecule has 0 atom stereocenters. The SMILES string of the molecule is COc1ccc(-c2cnnn2-c2ccc(-c3csc(N)n3)cc2)cc1. The number of methoxy groups -OCH3 is 1. The Hall–Kier alpha value is -3.19. The standard InChI is InChI=1S/C18H15N5OS/c1-24-15-8-4-13(5-9-15)17-10-20-22-23(17)14-6-2-12(3-7-14)16-11-25-18(19)21-16/h2-11H,1H3,(H2,19,21). The average Bonchev–Trinajstić information content (AvgIpc) is 3.31. The second kappa shape index (κ2) is 6.37. The van der Waals surface area contributed by atoms with Crippen LogP contribution in [0.1, 0.15) is 0 Å². The van der Waals surface area contributed by atoms with E-state index in [2.05, 4.69) is 15.3 Å². The van der Waals surface area contributed by atoms with Crippen molar-refractivity contribution in [2.24, 2.45) is 0 Å². The highest BCUT2D eigenvalue weighted by Crippen LogP contribution is 2.26. The number of nitrogens with zero attached hydrogens (tertiary/aromatic N) is 4. The van der Waals surface area contributed by atoms with Crippen LogP contribution in [0.5, 0.6) is 5.75 Å². The third-order valence-corrected chi connectivity index (χ3v) is 4.54. The first-order valence-corrected chi connectivity index (χ1v) is 8.49. The number of ether oxygens (including phenoxy) is 1. The van der Waals surface area contributed by atoms with E-state index in [1.54, 1.807) is 18.0 Å². The summed E-state index contributed by atoms with van der Waals surface area (Å²) in [6, 6.07) is 15.8. The Morgan fingerprint density at radius 3 is 2.36 bits per heavy atom. The van der Waals surface area contributed by atoms with Gasteiger partial charge in [0.2, 0.25) is 0 Å². The van der Waals surface area contributed by atoms with E-state index in [-0.39, 0.29) is 0 Å². The van der Waals surface area contributed by atoms with Gasteiger partial charge in [0.05, 0.1) is 30.4 Å². The molecular weight excluding hydrogens is 334 g/mol. The molecule has 0 saturated carbocycles. The molecule has 2 heterocycles. The van der Waals surface area contributed by atoms with E-state index in [4.69, 9.17) is 10.5 Å². The Labute approximate surface area is 148 Å². The zero-order valence-corrected chi connectivity index (χ0v) is 14.3. The second-order valence-electron chi connectivity index (χ2n) is 5.38. The van der Waals surface area contributed by atoms with Crippen LogP contribution in [0.4, 0.5) is 5.13 Å². The van der Waals surface area contributed by atoms with Gasteiger partial charge in [-0.15, -0.1) is 16.4 Å². The number of nitrogens with two attached hydrogens (primary N) is 1. The van der Waals surface area contributed by atoms with Crippen LogP contribution in [0, 0.1) is 0 Å². The fourth-order valence-electron chi connectivity index (χ4n) is 2.58. The number of thiazole rings is 1. The molecule has 0 amide bonds. The number of rotatable bonds is 4. The van der Waals surface area contributed by atoms with Crippen molar-refractivity contribution in [1.29, 1.82) is 0 Å². The number of hydrogen-bond donors (Lipinski definition) is 1. The summed E-state index contributed by atoms with van der Waals surface area (Å²) in [4.78, 5) is 4.30. The Bertz CT molecular complexity index is 989. The first-order chi connectivity index (χ1) is 12.2. The number of benzene rings is 2. The van der Waals surface area contributed by atoms with Crippen molar-refractivity contribution in [1.82, 2.24) is 20.0 Å². The second-order valence-corrected chi connectivity index (χ2v) is 6.27. The summed E-state index contributed by atoms with van der Waals surface area (Å²) < 4.78 is 7.01. The highest BCUT2D eigenvalue weighted by atomic mass is 32.1. The molecule has 2 aromatic carbocycles. The molecule has 0 saturated heterocycles. The highest BCUT2D eigenvalue weighted by Gasteiger charge is 2.10. The molecule has 0 unspecified atom stereocenters. The lowest BCUT2D eigenvalue weighted by atomic mass is 10.1. The van der Waals surface area contributed by atoms with Crippen LogP contribution >= 0.6 is 11.3 Å². The molecule has 0 radical (unpaired) electrons. The number of hydrogen-bond acceptors (Lipinski definition) is 6. The summed E-state index contributed by atoms with van der Waals surface area (Å²) in [5.74, 6) is 0.815. The first-order valence-electron chi connectivity index (χ1n) is 7.61. The van der Waals surface area contributed by atoms with E-state index in [0.29, 0.717) is 5.13 Å². The lowest BCUT2D eigenvalue weighted by Gasteiger charge is -2.08. The smallest absolute Gasteiger partial charge is 0.180 e. The topological polar surface area (TPSA) is 78.9 Å². The largest absolute Gasteiger partial charge is 0.497 e. The first kappa shape index (κ1) is 15.3. The van der Waals surface area contributed by atoms with Crippen molar-refractivity contribution in [2.75, 3.05) is 12.8 Å². The molecule has 0 aliphatic heterocycles. The van der Waals surface area contributed by atoms with E-state index in [0.717, 1.165) is 34.0 Å². The van der Waals surface area contributed by atoms with Gasteiger partial charge < -0.3 is 10.5 Å². The predicted molar refractivity (Wildman–Crippen MR) is 98.9 cm³/mol. The lowest BCUT2D eigenvalue weighted by Crippen LogP contribution is -1.99. The van der Waals surface area contributed by atoms with Gasteiger partial charge in [-0.3, -0.25) is 0 Å². The van der Waals surface area contributed by atoms with Crippen molar-refractivity contribution in [3.63, 3.8) is 0 Å². The Balaban J connectivity index is 1.67. The number of nitrogen functional groups attached to an aromatic ring is 1. The molecule has 2 aromatic heterocycles. The zero-order chi connectivity index (χ0) is 17.2. The van der Waals surface area contributed by atoms with Crippen LogP contribution in [0.2, 0.25) is 0 Å². The third kappa shape index (κ3) is 2.97.